The van der Waals surface area contributed by atoms with Gasteiger partial charge in [-0.3, -0.25) is 29.1 Å². The van der Waals surface area contributed by atoms with Crippen molar-refractivity contribution >= 4 is 35.6 Å². The number of hydrogen-bond acceptors (Lipinski definition) is 6. The Morgan fingerprint density at radius 2 is 1.94 bits per heavy atom. The molecule has 1 heterocycles. The van der Waals surface area contributed by atoms with Crippen molar-refractivity contribution in [3.8, 4) is 0 Å². The molecule has 1 fully saturated rings. The summed E-state index contributed by atoms with van der Waals surface area (Å²) in [5, 5.41) is 16.5. The SMILES string of the molecule is CC(N)=NCCC[C@@H]1NC(=O)N(CC(=O)N[C@@H](CC(=O)O)C(=O)NCCc2ccccc2)C1=O. The Kier molecular flexibility index (Phi) is 9.99. The zero-order chi connectivity index (χ0) is 25.1. The fourth-order valence-corrected chi connectivity index (χ4v) is 3.34. The number of carbonyl (C=O) groups is 5. The van der Waals surface area contributed by atoms with Gasteiger partial charge in [0.05, 0.1) is 12.3 Å². The van der Waals surface area contributed by atoms with E-state index in [0.29, 0.717) is 31.6 Å². The van der Waals surface area contributed by atoms with Crippen molar-refractivity contribution in [3.63, 3.8) is 0 Å². The molecule has 1 saturated heterocycles. The molecule has 6 N–H and O–H groups in total. The van der Waals surface area contributed by atoms with E-state index >= 15 is 0 Å². The Morgan fingerprint density at radius 1 is 1.24 bits per heavy atom. The fraction of sp³-hybridized carbons (Fsp3) is 0.455. The third-order valence-electron chi connectivity index (χ3n) is 5.01. The third-order valence-corrected chi connectivity index (χ3v) is 5.01. The smallest absolute Gasteiger partial charge is 0.325 e. The number of carboxylic acid groups (broad SMARTS) is 1. The Labute approximate surface area is 197 Å². The summed E-state index contributed by atoms with van der Waals surface area (Å²) in [6.45, 7) is 1.66. The summed E-state index contributed by atoms with van der Waals surface area (Å²) in [7, 11) is 0. The first-order valence-electron chi connectivity index (χ1n) is 10.9. The molecule has 12 heteroatoms. The third kappa shape index (κ3) is 8.52. The van der Waals surface area contributed by atoms with E-state index in [1.165, 1.54) is 0 Å². The van der Waals surface area contributed by atoms with E-state index in [4.69, 9.17) is 10.8 Å². The van der Waals surface area contributed by atoms with Gasteiger partial charge in [0.2, 0.25) is 11.8 Å². The second-order valence-electron chi connectivity index (χ2n) is 7.84. The van der Waals surface area contributed by atoms with E-state index in [-0.39, 0.29) is 6.54 Å². The molecular formula is C22H30N6O6. The zero-order valence-electron chi connectivity index (χ0n) is 19.0. The van der Waals surface area contributed by atoms with Crippen LogP contribution in [0.4, 0.5) is 4.79 Å². The lowest BCUT2D eigenvalue weighted by Crippen LogP contribution is -2.51. The van der Waals surface area contributed by atoms with Crippen molar-refractivity contribution in [2.75, 3.05) is 19.6 Å². The number of hydrogen-bond donors (Lipinski definition) is 5. The van der Waals surface area contributed by atoms with Gasteiger partial charge in [0, 0.05) is 13.1 Å². The highest BCUT2D eigenvalue weighted by Gasteiger charge is 2.39. The second kappa shape index (κ2) is 12.9. The molecule has 0 spiro atoms. The monoisotopic (exact) mass is 474 g/mol. The highest BCUT2D eigenvalue weighted by atomic mass is 16.4. The van der Waals surface area contributed by atoms with Crippen LogP contribution in [0.5, 0.6) is 0 Å². The van der Waals surface area contributed by atoms with Crippen LogP contribution in [0.1, 0.15) is 31.7 Å². The van der Waals surface area contributed by atoms with Gasteiger partial charge in [-0.05, 0) is 31.7 Å². The zero-order valence-corrected chi connectivity index (χ0v) is 19.0. The molecule has 184 valence electrons. The molecule has 0 radical (unpaired) electrons. The summed E-state index contributed by atoms with van der Waals surface area (Å²) in [4.78, 5) is 65.4. The van der Waals surface area contributed by atoms with Crippen molar-refractivity contribution in [1.82, 2.24) is 20.9 Å². The number of nitrogens with two attached hydrogens (primary N) is 1. The lowest BCUT2D eigenvalue weighted by Gasteiger charge is -2.19. The van der Waals surface area contributed by atoms with E-state index in [1.807, 2.05) is 30.3 Å². The number of amidine groups is 1. The predicted molar refractivity (Wildman–Crippen MR) is 123 cm³/mol. The minimum Gasteiger partial charge on any atom is -0.481 e. The summed E-state index contributed by atoms with van der Waals surface area (Å²) in [5.74, 6) is -2.93. The highest BCUT2D eigenvalue weighted by molar-refractivity contribution is 6.06. The number of rotatable bonds is 13. The van der Waals surface area contributed by atoms with E-state index in [0.717, 1.165) is 10.5 Å². The molecule has 1 aliphatic heterocycles. The van der Waals surface area contributed by atoms with Gasteiger partial charge in [-0.1, -0.05) is 30.3 Å². The summed E-state index contributed by atoms with van der Waals surface area (Å²) >= 11 is 0. The van der Waals surface area contributed by atoms with Gasteiger partial charge < -0.3 is 26.8 Å². The predicted octanol–water partition coefficient (Wildman–Crippen LogP) is -0.617. The van der Waals surface area contributed by atoms with Gasteiger partial charge in [-0.25, -0.2) is 4.79 Å². The van der Waals surface area contributed by atoms with Crippen molar-refractivity contribution in [3.05, 3.63) is 35.9 Å². The number of aliphatic carboxylic acids is 1. The van der Waals surface area contributed by atoms with Crippen LogP contribution in [0.15, 0.2) is 35.3 Å². The van der Waals surface area contributed by atoms with Crippen LogP contribution in [-0.4, -0.2) is 77.3 Å². The number of urea groups is 1. The van der Waals surface area contributed by atoms with E-state index in [2.05, 4.69) is 20.9 Å². The normalized spacial score (nSPS) is 16.7. The van der Waals surface area contributed by atoms with Crippen LogP contribution < -0.4 is 21.7 Å². The van der Waals surface area contributed by atoms with Crippen molar-refractivity contribution in [2.45, 2.75) is 44.7 Å². The van der Waals surface area contributed by atoms with Crippen LogP contribution in [0.2, 0.25) is 0 Å². The van der Waals surface area contributed by atoms with Gasteiger partial charge in [-0.15, -0.1) is 0 Å². The molecule has 0 aromatic heterocycles. The Hall–Kier alpha value is -3.96. The number of amides is 5. The topological polar surface area (TPSA) is 183 Å². The number of carboxylic acids is 1. The number of imide groups is 1. The van der Waals surface area contributed by atoms with Crippen LogP contribution in [-0.2, 0) is 25.6 Å². The van der Waals surface area contributed by atoms with Gasteiger partial charge in [-0.2, -0.15) is 0 Å². The molecule has 0 aliphatic carbocycles. The number of benzene rings is 1. The molecular weight excluding hydrogens is 444 g/mol. The van der Waals surface area contributed by atoms with Gasteiger partial charge in [0.25, 0.3) is 5.91 Å². The second-order valence-corrected chi connectivity index (χ2v) is 7.84. The molecule has 34 heavy (non-hydrogen) atoms. The first kappa shape index (κ1) is 26.3. The van der Waals surface area contributed by atoms with Crippen molar-refractivity contribution in [1.29, 1.82) is 0 Å². The molecule has 2 rings (SSSR count). The maximum atomic E-state index is 12.5. The lowest BCUT2D eigenvalue weighted by molar-refractivity contribution is -0.141. The number of aliphatic imine (C=N–C) groups is 1. The quantitative estimate of drug-likeness (QED) is 0.109. The maximum absolute atomic E-state index is 12.5. The molecule has 0 saturated carbocycles. The van der Waals surface area contributed by atoms with E-state index < -0.39 is 54.8 Å². The van der Waals surface area contributed by atoms with Crippen molar-refractivity contribution < 1.29 is 29.1 Å². The average molecular weight is 475 g/mol. The molecule has 12 nitrogen and oxygen atoms in total. The number of carbonyl (C=O) groups excluding carboxylic acids is 4. The molecule has 1 aromatic carbocycles. The standard InChI is InChI=1S/C22H30N6O6/c1-14(23)24-10-5-8-16-21(33)28(22(34)27-16)13-18(29)26-17(12-19(30)31)20(32)25-11-9-15-6-3-2-4-7-15/h2-4,6-7,16-17H,5,8-13H2,1H3,(H2,23,24)(H,25,32)(H,26,29)(H,27,34)(H,30,31)/t16-,17-/m0/s1. The lowest BCUT2D eigenvalue weighted by atomic mass is 10.1. The first-order valence-corrected chi connectivity index (χ1v) is 10.9. The Balaban J connectivity index is 1.87. The summed E-state index contributed by atoms with van der Waals surface area (Å²) in [6.07, 6.45) is 0.715. The van der Waals surface area contributed by atoms with Gasteiger partial charge in [0.15, 0.2) is 0 Å². The van der Waals surface area contributed by atoms with Crippen LogP contribution in [0.3, 0.4) is 0 Å². The number of nitrogens with one attached hydrogen (secondary N) is 3. The summed E-state index contributed by atoms with van der Waals surface area (Å²) in [5.41, 5.74) is 6.44. The van der Waals surface area contributed by atoms with E-state index in [9.17, 15) is 24.0 Å². The average Bonchev–Trinajstić information content (AvgIpc) is 3.04. The molecule has 1 aliphatic rings. The molecule has 2 atom stereocenters. The maximum Gasteiger partial charge on any atom is 0.325 e. The van der Waals surface area contributed by atoms with Crippen LogP contribution in [0.25, 0.3) is 0 Å². The summed E-state index contributed by atoms with van der Waals surface area (Å²) in [6, 6.07) is 6.50. The van der Waals surface area contributed by atoms with Crippen LogP contribution in [0, 0.1) is 0 Å². The highest BCUT2D eigenvalue weighted by Crippen LogP contribution is 2.11. The largest absolute Gasteiger partial charge is 0.481 e. The minimum absolute atomic E-state index is 0.247. The molecule has 1 aromatic rings. The van der Waals surface area contributed by atoms with E-state index in [1.54, 1.807) is 6.92 Å². The van der Waals surface area contributed by atoms with Crippen molar-refractivity contribution in [2.24, 2.45) is 10.7 Å². The van der Waals surface area contributed by atoms with Crippen LogP contribution >= 0.6 is 0 Å². The van der Waals surface area contributed by atoms with Gasteiger partial charge in [0.1, 0.15) is 18.6 Å². The minimum atomic E-state index is -1.35. The molecule has 5 amide bonds. The molecule has 0 unspecified atom stereocenters. The Bertz CT molecular complexity index is 931. The summed E-state index contributed by atoms with van der Waals surface area (Å²) < 4.78 is 0. The number of nitrogens with zero attached hydrogens (tertiary/aromatic N) is 2. The molecule has 0 bridgehead atoms. The fourth-order valence-electron chi connectivity index (χ4n) is 3.34. The first-order chi connectivity index (χ1) is 16.2. The van der Waals surface area contributed by atoms with Gasteiger partial charge >= 0.3 is 12.0 Å². The Morgan fingerprint density at radius 3 is 2.59 bits per heavy atom.